The molecule has 0 fully saturated rings. The zero-order valence-electron chi connectivity index (χ0n) is 10.1. The van der Waals surface area contributed by atoms with Crippen molar-refractivity contribution in [3.05, 3.63) is 34.5 Å². The van der Waals surface area contributed by atoms with Crippen LogP contribution >= 0.6 is 15.9 Å². The normalized spacial score (nSPS) is 18.4. The van der Waals surface area contributed by atoms with Gasteiger partial charge in [-0.15, -0.1) is 0 Å². The first-order valence-electron chi connectivity index (χ1n) is 5.99. The lowest BCUT2D eigenvalue weighted by Gasteiger charge is -2.23. The molecule has 1 unspecified atom stereocenters. The Morgan fingerprint density at radius 1 is 1.44 bits per heavy atom. The number of halogens is 1. The number of fused-ring (bicyclic) bond motifs is 1. The lowest BCUT2D eigenvalue weighted by molar-refractivity contribution is 0.440. The van der Waals surface area contributed by atoms with E-state index in [4.69, 9.17) is 0 Å². The summed E-state index contributed by atoms with van der Waals surface area (Å²) in [5, 5.41) is 7.83. The molecule has 2 aromatic heterocycles. The number of nitrogens with one attached hydrogen (secondary N) is 1. The van der Waals surface area contributed by atoms with Crippen LogP contribution in [0.4, 0.5) is 5.82 Å². The van der Waals surface area contributed by atoms with E-state index in [1.165, 1.54) is 0 Å². The maximum Gasteiger partial charge on any atom is 0.147 e. The fourth-order valence-electron chi connectivity index (χ4n) is 2.22. The SMILES string of the molecule is Cc1nc2n(n1)CC(Nc1ccc(Br)cn1)CC2. The smallest absolute Gasteiger partial charge is 0.147 e. The number of nitrogens with zero attached hydrogens (tertiary/aromatic N) is 4. The fraction of sp³-hybridized carbons (Fsp3) is 0.417. The molecule has 0 radical (unpaired) electrons. The van der Waals surface area contributed by atoms with Crippen molar-refractivity contribution in [3.8, 4) is 0 Å². The van der Waals surface area contributed by atoms with Crippen molar-refractivity contribution in [1.82, 2.24) is 19.7 Å². The van der Waals surface area contributed by atoms with Gasteiger partial charge in [0.2, 0.25) is 0 Å². The molecule has 94 valence electrons. The van der Waals surface area contributed by atoms with Gasteiger partial charge in [0.25, 0.3) is 0 Å². The van der Waals surface area contributed by atoms with Crippen LogP contribution in [0.2, 0.25) is 0 Å². The zero-order chi connectivity index (χ0) is 12.5. The summed E-state index contributed by atoms with van der Waals surface area (Å²) in [6.45, 7) is 2.79. The topological polar surface area (TPSA) is 55.6 Å². The van der Waals surface area contributed by atoms with Crippen molar-refractivity contribution in [2.45, 2.75) is 32.4 Å². The minimum Gasteiger partial charge on any atom is -0.365 e. The van der Waals surface area contributed by atoms with Gasteiger partial charge in [0.05, 0.1) is 6.54 Å². The molecular formula is C12H14BrN5. The predicted molar refractivity (Wildman–Crippen MR) is 72.4 cm³/mol. The Morgan fingerprint density at radius 2 is 2.33 bits per heavy atom. The van der Waals surface area contributed by atoms with Gasteiger partial charge in [0.1, 0.15) is 17.5 Å². The Morgan fingerprint density at radius 3 is 3.11 bits per heavy atom. The van der Waals surface area contributed by atoms with Gasteiger partial charge in [-0.2, -0.15) is 5.10 Å². The number of aromatic nitrogens is 4. The number of rotatable bonds is 2. The van der Waals surface area contributed by atoms with E-state index < -0.39 is 0 Å². The lowest BCUT2D eigenvalue weighted by Crippen LogP contribution is -2.32. The molecule has 0 spiro atoms. The molecule has 5 nitrogen and oxygen atoms in total. The summed E-state index contributed by atoms with van der Waals surface area (Å²) < 4.78 is 2.99. The van der Waals surface area contributed by atoms with Crippen molar-refractivity contribution in [3.63, 3.8) is 0 Å². The molecule has 3 heterocycles. The van der Waals surface area contributed by atoms with Gasteiger partial charge in [-0.05, 0) is 41.4 Å². The van der Waals surface area contributed by atoms with Crippen molar-refractivity contribution >= 4 is 21.7 Å². The van der Waals surface area contributed by atoms with Crippen LogP contribution in [0.25, 0.3) is 0 Å². The lowest BCUT2D eigenvalue weighted by atomic mass is 10.1. The Hall–Kier alpha value is -1.43. The van der Waals surface area contributed by atoms with E-state index in [2.05, 4.69) is 36.3 Å². The number of pyridine rings is 1. The molecule has 3 rings (SSSR count). The van der Waals surface area contributed by atoms with Gasteiger partial charge in [-0.3, -0.25) is 0 Å². The molecule has 1 aliphatic rings. The fourth-order valence-corrected chi connectivity index (χ4v) is 2.46. The first-order chi connectivity index (χ1) is 8.70. The van der Waals surface area contributed by atoms with Crippen LogP contribution in [0.1, 0.15) is 18.1 Å². The molecule has 0 bridgehead atoms. The third-order valence-corrected chi connectivity index (χ3v) is 3.51. The molecular weight excluding hydrogens is 294 g/mol. The summed E-state index contributed by atoms with van der Waals surface area (Å²) in [5.74, 6) is 2.85. The zero-order valence-corrected chi connectivity index (χ0v) is 11.7. The van der Waals surface area contributed by atoms with Gasteiger partial charge in [0, 0.05) is 23.1 Å². The highest BCUT2D eigenvalue weighted by Gasteiger charge is 2.20. The van der Waals surface area contributed by atoms with Gasteiger partial charge < -0.3 is 5.32 Å². The van der Waals surface area contributed by atoms with Crippen LogP contribution in [0.3, 0.4) is 0 Å². The maximum atomic E-state index is 4.41. The summed E-state index contributed by atoms with van der Waals surface area (Å²) in [6, 6.07) is 4.34. The molecule has 1 atom stereocenters. The Labute approximate surface area is 114 Å². The highest BCUT2D eigenvalue weighted by atomic mass is 79.9. The number of hydrogen-bond acceptors (Lipinski definition) is 4. The van der Waals surface area contributed by atoms with E-state index in [0.717, 1.165) is 41.3 Å². The number of anilines is 1. The molecule has 0 amide bonds. The largest absolute Gasteiger partial charge is 0.365 e. The predicted octanol–water partition coefficient (Wildman–Crippen LogP) is 2.17. The number of aryl methyl sites for hydroxylation is 2. The minimum atomic E-state index is 0.368. The maximum absolute atomic E-state index is 4.41. The number of hydrogen-bond donors (Lipinski definition) is 1. The molecule has 0 aromatic carbocycles. The van der Waals surface area contributed by atoms with E-state index >= 15 is 0 Å². The monoisotopic (exact) mass is 307 g/mol. The molecule has 0 saturated carbocycles. The van der Waals surface area contributed by atoms with Crippen molar-refractivity contribution < 1.29 is 0 Å². The second kappa shape index (κ2) is 4.68. The van der Waals surface area contributed by atoms with Crippen LogP contribution in [-0.2, 0) is 13.0 Å². The molecule has 0 saturated heterocycles. The van der Waals surface area contributed by atoms with Crippen LogP contribution in [0.15, 0.2) is 22.8 Å². The third-order valence-electron chi connectivity index (χ3n) is 3.04. The van der Waals surface area contributed by atoms with Crippen LogP contribution in [0, 0.1) is 6.92 Å². The van der Waals surface area contributed by atoms with Gasteiger partial charge in [-0.1, -0.05) is 0 Å². The molecule has 2 aromatic rings. The average molecular weight is 308 g/mol. The summed E-state index contributed by atoms with van der Waals surface area (Å²) >= 11 is 3.38. The minimum absolute atomic E-state index is 0.368. The van der Waals surface area contributed by atoms with Crippen LogP contribution < -0.4 is 5.32 Å². The average Bonchev–Trinajstić information content (AvgIpc) is 2.71. The summed E-state index contributed by atoms with van der Waals surface area (Å²) in [4.78, 5) is 8.74. The Kier molecular flexibility index (Phi) is 3.03. The van der Waals surface area contributed by atoms with E-state index in [1.807, 2.05) is 23.7 Å². The standard InChI is InChI=1S/C12H14BrN5/c1-8-15-12-5-3-10(7-18(12)17-8)16-11-4-2-9(13)6-14-11/h2,4,6,10H,3,5,7H2,1H3,(H,14,16). The highest BCUT2D eigenvalue weighted by Crippen LogP contribution is 2.17. The Bertz CT molecular complexity index is 548. The third kappa shape index (κ3) is 2.38. The highest BCUT2D eigenvalue weighted by molar-refractivity contribution is 9.10. The first-order valence-corrected chi connectivity index (χ1v) is 6.78. The van der Waals surface area contributed by atoms with E-state index in [1.54, 1.807) is 6.20 Å². The van der Waals surface area contributed by atoms with Gasteiger partial charge in [-0.25, -0.2) is 14.6 Å². The van der Waals surface area contributed by atoms with E-state index in [9.17, 15) is 0 Å². The van der Waals surface area contributed by atoms with Gasteiger partial charge >= 0.3 is 0 Å². The molecule has 0 aliphatic carbocycles. The van der Waals surface area contributed by atoms with Crippen molar-refractivity contribution in [2.75, 3.05) is 5.32 Å². The quantitative estimate of drug-likeness (QED) is 0.924. The molecule has 6 heteroatoms. The van der Waals surface area contributed by atoms with Crippen molar-refractivity contribution in [1.29, 1.82) is 0 Å². The summed E-state index contributed by atoms with van der Waals surface area (Å²) in [7, 11) is 0. The van der Waals surface area contributed by atoms with E-state index in [-0.39, 0.29) is 0 Å². The summed E-state index contributed by atoms with van der Waals surface area (Å²) in [6.07, 6.45) is 3.83. The second-order valence-corrected chi connectivity index (χ2v) is 5.41. The van der Waals surface area contributed by atoms with Gasteiger partial charge in [0.15, 0.2) is 0 Å². The molecule has 1 N–H and O–H groups in total. The van der Waals surface area contributed by atoms with Crippen molar-refractivity contribution in [2.24, 2.45) is 0 Å². The second-order valence-electron chi connectivity index (χ2n) is 4.50. The molecule has 18 heavy (non-hydrogen) atoms. The molecule has 1 aliphatic heterocycles. The van der Waals surface area contributed by atoms with E-state index in [0.29, 0.717) is 6.04 Å². The van der Waals surface area contributed by atoms with Crippen LogP contribution in [0.5, 0.6) is 0 Å². The Balaban J connectivity index is 1.70. The van der Waals surface area contributed by atoms with Crippen LogP contribution in [-0.4, -0.2) is 25.8 Å². The first kappa shape index (κ1) is 11.6. The summed E-state index contributed by atoms with van der Waals surface area (Å²) in [5.41, 5.74) is 0.